The van der Waals surface area contributed by atoms with Crippen LogP contribution in [0.2, 0.25) is 0 Å². The number of carbonyl (C=O) groups is 2. The van der Waals surface area contributed by atoms with E-state index in [-0.39, 0.29) is 39.6 Å². The third-order valence-corrected chi connectivity index (χ3v) is 7.80. The molecule has 0 atom stereocenters. The molecule has 45 heavy (non-hydrogen) atoms. The molecule has 2 aromatic carbocycles. The summed E-state index contributed by atoms with van der Waals surface area (Å²) in [6.07, 6.45) is 0. The molecule has 250 valence electrons. The molecule has 0 amide bonds. The summed E-state index contributed by atoms with van der Waals surface area (Å²) in [7, 11) is 9.36. The predicted molar refractivity (Wildman–Crippen MR) is 166 cm³/mol. The van der Waals surface area contributed by atoms with Crippen LogP contribution in [0.25, 0.3) is 0 Å². The van der Waals surface area contributed by atoms with Gasteiger partial charge in [0, 0.05) is 44.1 Å². The van der Waals surface area contributed by atoms with E-state index in [2.05, 4.69) is 0 Å². The van der Waals surface area contributed by atoms with Crippen LogP contribution in [0.5, 0.6) is 17.2 Å². The van der Waals surface area contributed by atoms with Gasteiger partial charge in [-0.15, -0.1) is 0 Å². The van der Waals surface area contributed by atoms with Crippen molar-refractivity contribution in [3.05, 3.63) is 52.1 Å². The van der Waals surface area contributed by atoms with Crippen LogP contribution in [-0.2, 0) is 35.0 Å². The summed E-state index contributed by atoms with van der Waals surface area (Å²) < 4.78 is 50.3. The minimum atomic E-state index is -0.340. The average molecular weight is 635 g/mol. The van der Waals surface area contributed by atoms with Crippen LogP contribution in [0.4, 0.5) is 0 Å². The zero-order valence-corrected chi connectivity index (χ0v) is 27.4. The number of carbonyl (C=O) groups excluding carboxylic acids is 2. The molecule has 1 aliphatic rings. The SMILES string of the molecule is COCCOCC[N+](CCOCCOC)(CCOCCOC)Cc1cc(OC)c2c(c1)C(=O)c1cc(OC)cc(OC)c1C2=O. The van der Waals surface area contributed by atoms with Crippen molar-refractivity contribution in [3.63, 3.8) is 0 Å². The number of benzene rings is 2. The van der Waals surface area contributed by atoms with Crippen molar-refractivity contribution in [1.82, 2.24) is 0 Å². The minimum Gasteiger partial charge on any atom is -0.497 e. The topological polar surface area (TPSA) is 117 Å². The first kappa shape index (κ1) is 36.4. The van der Waals surface area contributed by atoms with E-state index in [1.165, 1.54) is 21.3 Å². The van der Waals surface area contributed by atoms with E-state index in [9.17, 15) is 9.59 Å². The van der Waals surface area contributed by atoms with Crippen molar-refractivity contribution in [2.24, 2.45) is 0 Å². The van der Waals surface area contributed by atoms with E-state index in [0.717, 1.165) is 5.56 Å². The summed E-state index contributed by atoms with van der Waals surface area (Å²) in [5.74, 6) is 0.373. The van der Waals surface area contributed by atoms with Gasteiger partial charge in [0.15, 0.2) is 5.78 Å². The average Bonchev–Trinajstić information content (AvgIpc) is 3.05. The van der Waals surface area contributed by atoms with Gasteiger partial charge in [-0.05, 0) is 18.2 Å². The zero-order chi connectivity index (χ0) is 32.7. The van der Waals surface area contributed by atoms with Crippen molar-refractivity contribution < 1.29 is 56.7 Å². The van der Waals surface area contributed by atoms with Gasteiger partial charge in [0.2, 0.25) is 5.78 Å². The highest BCUT2D eigenvalue weighted by atomic mass is 16.5. The van der Waals surface area contributed by atoms with Crippen molar-refractivity contribution in [1.29, 1.82) is 0 Å². The van der Waals surface area contributed by atoms with Crippen molar-refractivity contribution in [2.75, 3.05) is 122 Å². The number of ether oxygens (including phenoxy) is 9. The molecule has 0 radical (unpaired) electrons. The molecule has 12 nitrogen and oxygen atoms in total. The smallest absolute Gasteiger partial charge is 0.201 e. The van der Waals surface area contributed by atoms with Crippen LogP contribution in [0.15, 0.2) is 24.3 Å². The van der Waals surface area contributed by atoms with Gasteiger partial charge < -0.3 is 47.1 Å². The molecule has 0 aliphatic heterocycles. The fourth-order valence-electron chi connectivity index (χ4n) is 5.36. The molecular weight excluding hydrogens is 586 g/mol. The third kappa shape index (κ3) is 9.69. The van der Waals surface area contributed by atoms with E-state index in [0.29, 0.717) is 102 Å². The lowest BCUT2D eigenvalue weighted by Gasteiger charge is -2.39. The van der Waals surface area contributed by atoms with Gasteiger partial charge in [0.05, 0.1) is 91.9 Å². The minimum absolute atomic E-state index is 0.196. The molecule has 0 unspecified atom stereocenters. The number of ketones is 2. The first-order valence-corrected chi connectivity index (χ1v) is 15.0. The summed E-state index contributed by atoms with van der Waals surface area (Å²) in [6, 6.07) is 6.80. The fourth-order valence-corrected chi connectivity index (χ4v) is 5.36. The van der Waals surface area contributed by atoms with Crippen LogP contribution in [0.3, 0.4) is 0 Å². The highest BCUT2D eigenvalue weighted by Gasteiger charge is 2.37. The summed E-state index contributed by atoms with van der Waals surface area (Å²) in [6.45, 7) is 6.79. The number of rotatable bonds is 23. The normalized spacial score (nSPS) is 12.7. The summed E-state index contributed by atoms with van der Waals surface area (Å²) in [5, 5.41) is 0. The van der Waals surface area contributed by atoms with Crippen LogP contribution >= 0.6 is 0 Å². The molecule has 0 heterocycles. The molecule has 0 N–H and O–H groups in total. The van der Waals surface area contributed by atoms with Gasteiger partial charge in [-0.1, -0.05) is 0 Å². The maximum atomic E-state index is 14.0. The van der Waals surface area contributed by atoms with Crippen LogP contribution < -0.4 is 14.2 Å². The van der Waals surface area contributed by atoms with E-state index in [1.807, 2.05) is 6.07 Å². The van der Waals surface area contributed by atoms with Crippen molar-refractivity contribution in [2.45, 2.75) is 6.54 Å². The largest absolute Gasteiger partial charge is 0.497 e. The lowest BCUT2D eigenvalue weighted by Crippen LogP contribution is -2.53. The van der Waals surface area contributed by atoms with Gasteiger partial charge in [0.25, 0.3) is 0 Å². The second-order valence-corrected chi connectivity index (χ2v) is 10.6. The Morgan fingerprint density at radius 1 is 0.511 bits per heavy atom. The van der Waals surface area contributed by atoms with Crippen LogP contribution in [-0.4, -0.2) is 138 Å². The fraction of sp³-hybridized carbons (Fsp3) is 0.576. The molecule has 2 aromatic rings. The second-order valence-electron chi connectivity index (χ2n) is 10.6. The zero-order valence-electron chi connectivity index (χ0n) is 27.4. The Morgan fingerprint density at radius 3 is 1.42 bits per heavy atom. The van der Waals surface area contributed by atoms with Crippen LogP contribution in [0, 0.1) is 0 Å². The summed E-state index contributed by atoms with van der Waals surface area (Å²) in [5.41, 5.74) is 1.75. The first-order chi connectivity index (χ1) is 21.9. The molecule has 12 heteroatoms. The van der Waals surface area contributed by atoms with Gasteiger partial charge >= 0.3 is 0 Å². The summed E-state index contributed by atoms with van der Waals surface area (Å²) in [4.78, 5) is 27.8. The molecule has 1 aliphatic carbocycles. The first-order valence-electron chi connectivity index (χ1n) is 15.0. The molecule has 0 saturated carbocycles. The number of quaternary nitrogens is 1. The monoisotopic (exact) mass is 634 g/mol. The lowest BCUT2D eigenvalue weighted by atomic mass is 9.82. The third-order valence-electron chi connectivity index (χ3n) is 7.80. The standard InChI is InChI=1S/C33H48NO11/c1-37-13-16-43-10-7-34(8-11-44-17-14-38-2,9-12-45-18-15-39-3)23-24-19-26-30(28(20-24)41-5)33(36)31-27(32(26)35)21-25(40-4)22-29(31)42-6/h19-22H,7-18,23H2,1-6H3/q+1. The Labute approximate surface area is 265 Å². The van der Waals surface area contributed by atoms with Gasteiger partial charge in [-0.3, -0.25) is 9.59 Å². The molecule has 3 rings (SSSR count). The van der Waals surface area contributed by atoms with E-state index >= 15 is 0 Å². The lowest BCUT2D eigenvalue weighted by molar-refractivity contribution is -0.941. The Kier molecular flexibility index (Phi) is 15.2. The van der Waals surface area contributed by atoms with Crippen LogP contribution in [0.1, 0.15) is 37.4 Å². The Morgan fingerprint density at radius 2 is 0.978 bits per heavy atom. The number of nitrogens with zero attached hydrogens (tertiary/aromatic N) is 1. The van der Waals surface area contributed by atoms with E-state index in [4.69, 9.17) is 42.6 Å². The van der Waals surface area contributed by atoms with Gasteiger partial charge in [-0.2, -0.15) is 0 Å². The number of hydrogen-bond acceptors (Lipinski definition) is 11. The maximum Gasteiger partial charge on any atom is 0.201 e. The number of fused-ring (bicyclic) bond motifs is 2. The highest BCUT2D eigenvalue weighted by Crippen LogP contribution is 2.40. The number of methoxy groups -OCH3 is 6. The molecular formula is C33H48NO11+. The predicted octanol–water partition coefficient (Wildman–Crippen LogP) is 2.79. The quantitative estimate of drug-likeness (QED) is 0.113. The molecule has 0 saturated heterocycles. The van der Waals surface area contributed by atoms with Gasteiger partial charge in [0.1, 0.15) is 43.4 Å². The molecule has 0 aromatic heterocycles. The second kappa shape index (κ2) is 18.8. The maximum absolute atomic E-state index is 14.0. The summed E-state index contributed by atoms with van der Waals surface area (Å²) >= 11 is 0. The molecule has 0 bridgehead atoms. The van der Waals surface area contributed by atoms with E-state index in [1.54, 1.807) is 39.5 Å². The van der Waals surface area contributed by atoms with Crippen molar-refractivity contribution in [3.8, 4) is 17.2 Å². The molecule has 0 fully saturated rings. The van der Waals surface area contributed by atoms with Crippen molar-refractivity contribution >= 4 is 11.6 Å². The van der Waals surface area contributed by atoms with Gasteiger partial charge in [-0.25, -0.2) is 0 Å². The Bertz CT molecular complexity index is 1210. The number of hydrogen-bond donors (Lipinski definition) is 0. The Balaban J connectivity index is 2.01. The Hall–Kier alpha value is -3.10. The molecule has 0 spiro atoms. The highest BCUT2D eigenvalue weighted by molar-refractivity contribution is 6.30. The van der Waals surface area contributed by atoms with E-state index < -0.39 is 0 Å².